The van der Waals surface area contributed by atoms with Gasteiger partial charge in [-0.15, -0.1) is 0 Å². The van der Waals surface area contributed by atoms with E-state index in [9.17, 15) is 14.9 Å². The van der Waals surface area contributed by atoms with Crippen molar-refractivity contribution in [3.8, 4) is 0 Å². The maximum Gasteiger partial charge on any atom is 0.407 e. The van der Waals surface area contributed by atoms with Crippen LogP contribution < -0.4 is 5.32 Å². The Morgan fingerprint density at radius 2 is 2.22 bits per heavy atom. The summed E-state index contributed by atoms with van der Waals surface area (Å²) in [7, 11) is 0. The number of hydrogen-bond acceptors (Lipinski definition) is 4. The lowest BCUT2D eigenvalue weighted by atomic mass is 10.0. The molecule has 1 fully saturated rings. The van der Waals surface area contributed by atoms with Gasteiger partial charge in [0.2, 0.25) is 0 Å². The molecule has 0 aromatic heterocycles. The standard InChI is InChI=1S/C15H20BrN3O4/c1-9(2)11-6-13(14(19(22)23)7-12(11)16)17-10-4-3-5-18(8-10)15(20)21/h6-7,9-10,17H,3-5,8H2,1-2H3,(H,20,21). The Balaban J connectivity index is 2.28. The van der Waals surface area contributed by atoms with Crippen LogP contribution in [0.2, 0.25) is 0 Å². The van der Waals surface area contributed by atoms with Gasteiger partial charge in [0.1, 0.15) is 5.69 Å². The van der Waals surface area contributed by atoms with Crippen LogP contribution in [0.5, 0.6) is 0 Å². The lowest BCUT2D eigenvalue weighted by Crippen LogP contribution is -2.44. The van der Waals surface area contributed by atoms with E-state index in [1.54, 1.807) is 6.07 Å². The number of nitro benzene ring substituents is 1. The minimum Gasteiger partial charge on any atom is -0.465 e. The van der Waals surface area contributed by atoms with Crippen LogP contribution in [0.4, 0.5) is 16.2 Å². The fourth-order valence-electron chi connectivity index (χ4n) is 2.78. The first kappa shape index (κ1) is 17.5. The molecule has 1 atom stereocenters. The zero-order chi connectivity index (χ0) is 17.1. The number of rotatable bonds is 4. The molecule has 2 N–H and O–H groups in total. The van der Waals surface area contributed by atoms with Crippen molar-refractivity contribution in [3.63, 3.8) is 0 Å². The molecule has 1 amide bonds. The smallest absolute Gasteiger partial charge is 0.407 e. The van der Waals surface area contributed by atoms with Crippen molar-refractivity contribution < 1.29 is 14.8 Å². The second-order valence-electron chi connectivity index (χ2n) is 6.01. The van der Waals surface area contributed by atoms with E-state index in [1.807, 2.05) is 13.8 Å². The molecule has 1 aliphatic rings. The van der Waals surface area contributed by atoms with E-state index >= 15 is 0 Å². The first-order chi connectivity index (χ1) is 10.8. The summed E-state index contributed by atoms with van der Waals surface area (Å²) in [6.07, 6.45) is 0.573. The number of benzene rings is 1. The van der Waals surface area contributed by atoms with Crippen molar-refractivity contribution in [2.24, 2.45) is 0 Å². The van der Waals surface area contributed by atoms with E-state index in [1.165, 1.54) is 11.0 Å². The largest absolute Gasteiger partial charge is 0.465 e. The molecule has 23 heavy (non-hydrogen) atoms. The van der Waals surface area contributed by atoms with Crippen LogP contribution in [-0.2, 0) is 0 Å². The van der Waals surface area contributed by atoms with Crippen LogP contribution in [-0.4, -0.2) is 40.2 Å². The van der Waals surface area contributed by atoms with Crippen molar-refractivity contribution in [3.05, 3.63) is 32.3 Å². The number of likely N-dealkylation sites (tertiary alicyclic amines) is 1. The lowest BCUT2D eigenvalue weighted by Gasteiger charge is -2.31. The summed E-state index contributed by atoms with van der Waals surface area (Å²) in [4.78, 5) is 23.3. The average molecular weight is 386 g/mol. The van der Waals surface area contributed by atoms with E-state index in [4.69, 9.17) is 5.11 Å². The van der Waals surface area contributed by atoms with E-state index in [0.717, 1.165) is 18.4 Å². The highest BCUT2D eigenvalue weighted by Crippen LogP contribution is 2.35. The molecule has 1 aromatic carbocycles. The third kappa shape index (κ3) is 4.13. The van der Waals surface area contributed by atoms with Crippen molar-refractivity contribution in [1.29, 1.82) is 0 Å². The molecule has 0 radical (unpaired) electrons. The van der Waals surface area contributed by atoms with Gasteiger partial charge in [0.05, 0.1) is 4.92 Å². The van der Waals surface area contributed by atoms with Crippen molar-refractivity contribution in [2.75, 3.05) is 18.4 Å². The van der Waals surface area contributed by atoms with Gasteiger partial charge in [0, 0.05) is 29.7 Å². The van der Waals surface area contributed by atoms with E-state index in [2.05, 4.69) is 21.2 Å². The molecule has 1 aliphatic heterocycles. The Hall–Kier alpha value is -1.83. The molecule has 8 heteroatoms. The SMILES string of the molecule is CC(C)c1cc(NC2CCCN(C(=O)O)C2)c([N+](=O)[O-])cc1Br. The van der Waals surface area contributed by atoms with Gasteiger partial charge < -0.3 is 15.3 Å². The zero-order valence-electron chi connectivity index (χ0n) is 13.1. The summed E-state index contributed by atoms with van der Waals surface area (Å²) in [6.45, 7) is 4.87. The maximum atomic E-state index is 11.3. The fourth-order valence-corrected chi connectivity index (χ4v) is 3.57. The second kappa shape index (κ2) is 7.16. The molecule has 0 aliphatic carbocycles. The summed E-state index contributed by atoms with van der Waals surface area (Å²) in [5, 5.41) is 23.6. The van der Waals surface area contributed by atoms with Gasteiger partial charge in [-0.1, -0.05) is 29.8 Å². The lowest BCUT2D eigenvalue weighted by molar-refractivity contribution is -0.384. The van der Waals surface area contributed by atoms with Gasteiger partial charge in [-0.3, -0.25) is 10.1 Å². The van der Waals surface area contributed by atoms with Crippen LogP contribution in [0.1, 0.15) is 38.2 Å². The molecule has 1 heterocycles. The summed E-state index contributed by atoms with van der Waals surface area (Å²) in [5.41, 5.74) is 1.41. The molecule has 1 saturated heterocycles. The molecular formula is C15H20BrN3O4. The second-order valence-corrected chi connectivity index (χ2v) is 6.87. The number of nitrogens with zero attached hydrogens (tertiary/aromatic N) is 2. The van der Waals surface area contributed by atoms with Gasteiger partial charge in [-0.2, -0.15) is 0 Å². The summed E-state index contributed by atoms with van der Waals surface area (Å²) in [6, 6.07) is 3.17. The summed E-state index contributed by atoms with van der Waals surface area (Å²) < 4.78 is 0.709. The van der Waals surface area contributed by atoms with Crippen LogP contribution in [0.25, 0.3) is 0 Å². The Morgan fingerprint density at radius 3 is 2.78 bits per heavy atom. The van der Waals surface area contributed by atoms with Crippen molar-refractivity contribution in [2.45, 2.75) is 38.6 Å². The summed E-state index contributed by atoms with van der Waals surface area (Å²) in [5.74, 6) is 0.215. The number of nitro groups is 1. The molecule has 126 valence electrons. The zero-order valence-corrected chi connectivity index (χ0v) is 14.7. The molecule has 1 aromatic rings. The average Bonchev–Trinajstić information content (AvgIpc) is 2.48. The van der Waals surface area contributed by atoms with E-state index < -0.39 is 11.0 Å². The number of hydrogen-bond donors (Lipinski definition) is 2. The number of amides is 1. The van der Waals surface area contributed by atoms with Crippen LogP contribution in [0.15, 0.2) is 16.6 Å². The van der Waals surface area contributed by atoms with Gasteiger partial charge >= 0.3 is 6.09 Å². The van der Waals surface area contributed by atoms with E-state index in [-0.39, 0.29) is 17.6 Å². The van der Waals surface area contributed by atoms with Crippen LogP contribution in [0, 0.1) is 10.1 Å². The van der Waals surface area contributed by atoms with E-state index in [0.29, 0.717) is 23.2 Å². The first-order valence-corrected chi connectivity index (χ1v) is 8.31. The highest BCUT2D eigenvalue weighted by atomic mass is 79.9. The molecular weight excluding hydrogens is 366 g/mol. The first-order valence-electron chi connectivity index (χ1n) is 7.51. The molecule has 2 rings (SSSR count). The monoisotopic (exact) mass is 385 g/mol. The van der Waals surface area contributed by atoms with Gasteiger partial charge in [0.15, 0.2) is 0 Å². The Morgan fingerprint density at radius 1 is 1.52 bits per heavy atom. The summed E-state index contributed by atoms with van der Waals surface area (Å²) >= 11 is 3.39. The molecule has 0 bridgehead atoms. The van der Waals surface area contributed by atoms with Gasteiger partial charge in [0.25, 0.3) is 5.69 Å². The highest BCUT2D eigenvalue weighted by Gasteiger charge is 2.26. The number of anilines is 1. The Bertz CT molecular complexity index is 621. The minimum absolute atomic E-state index is 0.00581. The van der Waals surface area contributed by atoms with Gasteiger partial charge in [-0.25, -0.2) is 4.79 Å². The minimum atomic E-state index is -0.954. The number of piperidine rings is 1. The van der Waals surface area contributed by atoms with Crippen LogP contribution >= 0.6 is 15.9 Å². The number of carboxylic acid groups (broad SMARTS) is 1. The predicted octanol–water partition coefficient (Wildman–Crippen LogP) is 4.04. The van der Waals surface area contributed by atoms with Crippen molar-refractivity contribution in [1.82, 2.24) is 4.90 Å². The fraction of sp³-hybridized carbons (Fsp3) is 0.533. The predicted molar refractivity (Wildman–Crippen MR) is 91.1 cm³/mol. The number of nitrogens with one attached hydrogen (secondary N) is 1. The number of carbonyl (C=O) groups is 1. The third-order valence-corrected chi connectivity index (χ3v) is 4.67. The third-order valence-electron chi connectivity index (χ3n) is 3.99. The molecule has 0 saturated carbocycles. The molecule has 0 spiro atoms. The normalized spacial score (nSPS) is 18.1. The quantitative estimate of drug-likeness (QED) is 0.602. The van der Waals surface area contributed by atoms with Crippen molar-refractivity contribution >= 4 is 33.4 Å². The van der Waals surface area contributed by atoms with Gasteiger partial charge in [-0.05, 0) is 30.4 Å². The highest BCUT2D eigenvalue weighted by molar-refractivity contribution is 9.10. The topological polar surface area (TPSA) is 95.7 Å². The number of halogens is 1. The van der Waals surface area contributed by atoms with Crippen LogP contribution in [0.3, 0.4) is 0 Å². The maximum absolute atomic E-state index is 11.3. The Kier molecular flexibility index (Phi) is 5.46. The Labute approximate surface area is 142 Å². The molecule has 1 unspecified atom stereocenters. The molecule has 7 nitrogen and oxygen atoms in total.